The van der Waals surface area contributed by atoms with E-state index in [2.05, 4.69) is 11.3 Å². The molecule has 5 heteroatoms. The summed E-state index contributed by atoms with van der Waals surface area (Å²) in [5.41, 5.74) is 0.618. The molecule has 1 heterocycles. The molecule has 0 spiro atoms. The smallest absolute Gasteiger partial charge is 0.331 e. The van der Waals surface area contributed by atoms with Crippen LogP contribution in [0.3, 0.4) is 0 Å². The Bertz CT molecular complexity index is 486. The van der Waals surface area contributed by atoms with Gasteiger partial charge in [0.15, 0.2) is 0 Å². The Balaban J connectivity index is 2.24. The molecule has 0 aromatic heterocycles. The standard InChI is InChI=1S/C12H9NO4/c1-2-17-10(14)7-13-11(15)8-5-3-4-6-9(8)12(13)16/h2-6H,1,7H2. The summed E-state index contributed by atoms with van der Waals surface area (Å²) in [5, 5.41) is 0. The van der Waals surface area contributed by atoms with Gasteiger partial charge in [0.25, 0.3) is 11.8 Å². The number of hydrogen-bond acceptors (Lipinski definition) is 4. The maximum atomic E-state index is 11.8. The molecule has 86 valence electrons. The second-order valence-electron chi connectivity index (χ2n) is 3.40. The highest BCUT2D eigenvalue weighted by Crippen LogP contribution is 2.21. The zero-order chi connectivity index (χ0) is 12.4. The zero-order valence-corrected chi connectivity index (χ0v) is 8.88. The molecule has 0 bridgehead atoms. The number of rotatable bonds is 3. The first kappa shape index (κ1) is 11.1. The number of nitrogens with zero attached hydrogens (tertiary/aromatic N) is 1. The van der Waals surface area contributed by atoms with Crippen LogP contribution in [-0.4, -0.2) is 29.2 Å². The molecular formula is C12H9NO4. The molecule has 1 aliphatic heterocycles. The van der Waals surface area contributed by atoms with Crippen molar-refractivity contribution in [3.05, 3.63) is 48.2 Å². The zero-order valence-electron chi connectivity index (χ0n) is 8.88. The van der Waals surface area contributed by atoms with Crippen LogP contribution in [0.5, 0.6) is 0 Å². The number of carbonyl (C=O) groups excluding carboxylic acids is 3. The van der Waals surface area contributed by atoms with E-state index in [9.17, 15) is 14.4 Å². The summed E-state index contributed by atoms with van der Waals surface area (Å²) in [6.45, 7) is 2.82. The van der Waals surface area contributed by atoms with Crippen molar-refractivity contribution < 1.29 is 19.1 Å². The Morgan fingerprint density at radius 2 is 1.76 bits per heavy atom. The first-order chi connectivity index (χ1) is 8.15. The molecule has 0 atom stereocenters. The van der Waals surface area contributed by atoms with Crippen LogP contribution in [0.1, 0.15) is 20.7 Å². The Labute approximate surface area is 97.3 Å². The summed E-state index contributed by atoms with van der Waals surface area (Å²) >= 11 is 0. The Hall–Kier alpha value is -2.43. The number of hydrogen-bond donors (Lipinski definition) is 0. The van der Waals surface area contributed by atoms with Crippen LogP contribution in [0.25, 0.3) is 0 Å². The average molecular weight is 231 g/mol. The fraction of sp³-hybridized carbons (Fsp3) is 0.0833. The van der Waals surface area contributed by atoms with Crippen molar-refractivity contribution in [3.8, 4) is 0 Å². The minimum Gasteiger partial charge on any atom is -0.434 e. The van der Waals surface area contributed by atoms with Crippen molar-refractivity contribution in [1.82, 2.24) is 4.90 Å². The van der Waals surface area contributed by atoms with Gasteiger partial charge in [-0.15, -0.1) is 0 Å². The molecule has 2 rings (SSSR count). The normalized spacial score (nSPS) is 13.5. The Morgan fingerprint density at radius 3 is 2.24 bits per heavy atom. The molecular weight excluding hydrogens is 222 g/mol. The number of amides is 2. The molecule has 0 radical (unpaired) electrons. The lowest BCUT2D eigenvalue weighted by Gasteiger charge is -2.11. The van der Waals surface area contributed by atoms with Gasteiger partial charge >= 0.3 is 5.97 Å². The largest absolute Gasteiger partial charge is 0.434 e. The SMILES string of the molecule is C=COC(=O)CN1C(=O)c2ccccc2C1=O. The highest BCUT2D eigenvalue weighted by atomic mass is 16.5. The third kappa shape index (κ3) is 1.82. The summed E-state index contributed by atoms with van der Waals surface area (Å²) in [6.07, 6.45) is 0.959. The fourth-order valence-corrected chi connectivity index (χ4v) is 1.64. The van der Waals surface area contributed by atoms with Crippen molar-refractivity contribution in [2.24, 2.45) is 0 Å². The van der Waals surface area contributed by atoms with Crippen LogP contribution in [-0.2, 0) is 9.53 Å². The summed E-state index contributed by atoms with van der Waals surface area (Å²) < 4.78 is 4.48. The summed E-state index contributed by atoms with van der Waals surface area (Å²) in [7, 11) is 0. The molecule has 0 unspecified atom stereocenters. The first-order valence-corrected chi connectivity index (χ1v) is 4.90. The molecule has 0 fully saturated rings. The van der Waals surface area contributed by atoms with E-state index >= 15 is 0 Å². The van der Waals surface area contributed by atoms with Crippen LogP contribution in [0.2, 0.25) is 0 Å². The van der Waals surface area contributed by atoms with Gasteiger partial charge in [0.05, 0.1) is 17.4 Å². The van der Waals surface area contributed by atoms with E-state index in [0.29, 0.717) is 11.1 Å². The third-order valence-electron chi connectivity index (χ3n) is 2.38. The van der Waals surface area contributed by atoms with Crippen molar-refractivity contribution in [2.45, 2.75) is 0 Å². The summed E-state index contributed by atoms with van der Waals surface area (Å²) in [5.74, 6) is -1.66. The van der Waals surface area contributed by atoms with E-state index in [0.717, 1.165) is 11.2 Å². The lowest BCUT2D eigenvalue weighted by molar-refractivity contribution is -0.138. The summed E-state index contributed by atoms with van der Waals surface area (Å²) in [6, 6.07) is 6.42. The fourth-order valence-electron chi connectivity index (χ4n) is 1.64. The predicted molar refractivity (Wildman–Crippen MR) is 58.1 cm³/mol. The van der Waals surface area contributed by atoms with E-state index in [1.54, 1.807) is 24.3 Å². The van der Waals surface area contributed by atoms with Crippen molar-refractivity contribution >= 4 is 17.8 Å². The minimum atomic E-state index is -0.700. The van der Waals surface area contributed by atoms with Gasteiger partial charge in [-0.05, 0) is 12.1 Å². The number of fused-ring (bicyclic) bond motifs is 1. The number of imide groups is 1. The Kier molecular flexibility index (Phi) is 2.74. The van der Waals surface area contributed by atoms with Gasteiger partial charge in [0.1, 0.15) is 6.54 Å². The summed E-state index contributed by atoms with van der Waals surface area (Å²) in [4.78, 5) is 35.7. The van der Waals surface area contributed by atoms with E-state index in [4.69, 9.17) is 0 Å². The van der Waals surface area contributed by atoms with E-state index in [1.807, 2.05) is 0 Å². The molecule has 2 amide bonds. The number of carbonyl (C=O) groups is 3. The van der Waals surface area contributed by atoms with E-state index < -0.39 is 24.3 Å². The van der Waals surface area contributed by atoms with Crippen LogP contribution >= 0.6 is 0 Å². The quantitative estimate of drug-likeness (QED) is 0.441. The maximum Gasteiger partial charge on any atom is 0.331 e. The van der Waals surface area contributed by atoms with E-state index in [1.165, 1.54) is 0 Å². The predicted octanol–water partition coefficient (Wildman–Crippen LogP) is 0.969. The van der Waals surface area contributed by atoms with Gasteiger partial charge in [-0.2, -0.15) is 0 Å². The van der Waals surface area contributed by atoms with Crippen LogP contribution in [0.15, 0.2) is 37.1 Å². The molecule has 0 aliphatic carbocycles. The van der Waals surface area contributed by atoms with Crippen LogP contribution in [0.4, 0.5) is 0 Å². The molecule has 0 saturated carbocycles. The maximum absolute atomic E-state index is 11.8. The van der Waals surface area contributed by atoms with Gasteiger partial charge in [0.2, 0.25) is 0 Å². The molecule has 1 aromatic carbocycles. The number of esters is 1. The average Bonchev–Trinajstić information content (AvgIpc) is 2.56. The number of benzene rings is 1. The second kappa shape index (κ2) is 4.21. The first-order valence-electron chi connectivity index (χ1n) is 4.90. The lowest BCUT2D eigenvalue weighted by atomic mass is 10.1. The van der Waals surface area contributed by atoms with Gasteiger partial charge in [-0.1, -0.05) is 18.7 Å². The van der Waals surface area contributed by atoms with Crippen molar-refractivity contribution in [1.29, 1.82) is 0 Å². The lowest BCUT2D eigenvalue weighted by Crippen LogP contribution is -2.35. The van der Waals surface area contributed by atoms with Gasteiger partial charge in [-0.3, -0.25) is 14.5 Å². The third-order valence-corrected chi connectivity index (χ3v) is 2.38. The molecule has 5 nitrogen and oxygen atoms in total. The Morgan fingerprint density at radius 1 is 1.24 bits per heavy atom. The monoisotopic (exact) mass is 231 g/mol. The number of ether oxygens (including phenoxy) is 1. The van der Waals surface area contributed by atoms with Crippen molar-refractivity contribution in [3.63, 3.8) is 0 Å². The van der Waals surface area contributed by atoms with Gasteiger partial charge < -0.3 is 4.74 Å². The molecule has 0 N–H and O–H groups in total. The molecule has 1 aliphatic rings. The van der Waals surface area contributed by atoms with Gasteiger partial charge in [-0.25, -0.2) is 4.79 Å². The molecule has 0 saturated heterocycles. The molecule has 17 heavy (non-hydrogen) atoms. The highest BCUT2D eigenvalue weighted by molar-refractivity contribution is 6.22. The van der Waals surface area contributed by atoms with E-state index in [-0.39, 0.29) is 0 Å². The highest BCUT2D eigenvalue weighted by Gasteiger charge is 2.36. The minimum absolute atomic E-state index is 0.309. The second-order valence-corrected chi connectivity index (χ2v) is 3.40. The molecule has 1 aromatic rings. The van der Waals surface area contributed by atoms with Gasteiger partial charge in [0, 0.05) is 0 Å². The van der Waals surface area contributed by atoms with Crippen LogP contribution in [0, 0.1) is 0 Å². The van der Waals surface area contributed by atoms with Crippen LogP contribution < -0.4 is 0 Å². The van der Waals surface area contributed by atoms with Crippen molar-refractivity contribution in [2.75, 3.05) is 6.54 Å². The topological polar surface area (TPSA) is 63.7 Å².